The minimum atomic E-state index is -1.39. The minimum absolute atomic E-state index is 0.0875. The average molecular weight is 497 g/mol. The molecule has 8 heteroatoms. The molecule has 0 aromatic heterocycles. The number of carbonyl (C=O) groups is 2. The fraction of sp³-hybridized carbons (Fsp3) is 0. The van der Waals surface area contributed by atoms with Crippen LogP contribution in [0.5, 0.6) is 5.75 Å². The Kier molecular flexibility index (Phi) is 5.36. The van der Waals surface area contributed by atoms with Gasteiger partial charge >= 0.3 is 11.9 Å². The Morgan fingerprint density at radius 1 is 1.05 bits per heavy atom. The minimum Gasteiger partial charge on any atom is -0.478 e. The summed E-state index contributed by atoms with van der Waals surface area (Å²) in [6, 6.07) is 6.38. The highest BCUT2D eigenvalue weighted by atomic mass is 79.9. The topological polar surface area (TPSA) is 63.6 Å². The van der Waals surface area contributed by atoms with Crippen LogP contribution in [0.3, 0.4) is 0 Å². The Hall–Kier alpha value is -1.25. The van der Waals surface area contributed by atoms with Crippen LogP contribution in [0.15, 0.2) is 43.7 Å². The molecule has 0 radical (unpaired) electrons. The SMILES string of the molecule is O=C(O)c1ccc(OC(=O)c2cc(Br)cc(Br)c2Br)cc1F. The van der Waals surface area contributed by atoms with Crippen molar-refractivity contribution < 1.29 is 23.8 Å². The van der Waals surface area contributed by atoms with Gasteiger partial charge in [0, 0.05) is 19.5 Å². The number of hydrogen-bond acceptors (Lipinski definition) is 3. The molecule has 0 saturated heterocycles. The van der Waals surface area contributed by atoms with E-state index in [1.807, 2.05) is 0 Å². The molecule has 0 saturated carbocycles. The van der Waals surface area contributed by atoms with Crippen molar-refractivity contribution in [2.75, 3.05) is 0 Å². The Morgan fingerprint density at radius 2 is 1.73 bits per heavy atom. The number of carboxylic acids is 1. The summed E-state index contributed by atoms with van der Waals surface area (Å²) in [6.07, 6.45) is 0. The molecule has 1 N–H and O–H groups in total. The van der Waals surface area contributed by atoms with Crippen molar-refractivity contribution >= 4 is 59.7 Å². The van der Waals surface area contributed by atoms with Gasteiger partial charge in [-0.2, -0.15) is 0 Å². The molecular weight excluding hydrogens is 491 g/mol. The van der Waals surface area contributed by atoms with Crippen LogP contribution in [-0.4, -0.2) is 17.0 Å². The van der Waals surface area contributed by atoms with Crippen LogP contribution in [0, 0.1) is 5.82 Å². The van der Waals surface area contributed by atoms with Gasteiger partial charge in [-0.05, 0) is 56.1 Å². The molecule has 0 heterocycles. The summed E-state index contributed by atoms with van der Waals surface area (Å²) in [5.41, 5.74) is -0.268. The highest BCUT2D eigenvalue weighted by molar-refractivity contribution is 9.13. The zero-order valence-corrected chi connectivity index (χ0v) is 15.3. The third kappa shape index (κ3) is 3.74. The fourth-order valence-corrected chi connectivity index (χ4v) is 3.22. The summed E-state index contributed by atoms with van der Waals surface area (Å²) >= 11 is 9.78. The Bertz CT molecular complexity index is 777. The van der Waals surface area contributed by atoms with Crippen molar-refractivity contribution in [2.45, 2.75) is 0 Å². The average Bonchev–Trinajstić information content (AvgIpc) is 2.42. The maximum Gasteiger partial charge on any atom is 0.344 e. The lowest BCUT2D eigenvalue weighted by atomic mass is 10.2. The molecular formula is C14H6Br3FO4. The summed E-state index contributed by atoms with van der Waals surface area (Å²) in [5, 5.41) is 8.75. The predicted octanol–water partition coefficient (Wildman–Crippen LogP) is 5.03. The van der Waals surface area contributed by atoms with Gasteiger partial charge in [-0.1, -0.05) is 15.9 Å². The van der Waals surface area contributed by atoms with Crippen LogP contribution in [0.1, 0.15) is 20.7 Å². The maximum atomic E-state index is 13.6. The largest absolute Gasteiger partial charge is 0.478 e. The third-order valence-electron chi connectivity index (χ3n) is 2.59. The molecule has 114 valence electrons. The van der Waals surface area contributed by atoms with E-state index < -0.39 is 23.3 Å². The lowest BCUT2D eigenvalue weighted by molar-refractivity contribution is 0.0691. The van der Waals surface area contributed by atoms with Gasteiger partial charge in [0.1, 0.15) is 11.6 Å². The number of halogens is 4. The van der Waals surface area contributed by atoms with Crippen molar-refractivity contribution in [1.82, 2.24) is 0 Å². The molecule has 0 amide bonds. The van der Waals surface area contributed by atoms with Gasteiger partial charge in [0.05, 0.1) is 11.1 Å². The summed E-state index contributed by atoms with van der Waals surface area (Å²) in [5.74, 6) is -3.17. The molecule has 0 unspecified atom stereocenters. The second kappa shape index (κ2) is 6.89. The number of hydrogen-bond donors (Lipinski definition) is 1. The van der Waals surface area contributed by atoms with Crippen LogP contribution in [-0.2, 0) is 0 Å². The molecule has 0 spiro atoms. The lowest BCUT2D eigenvalue weighted by Crippen LogP contribution is -2.10. The molecule has 2 aromatic carbocycles. The number of rotatable bonds is 3. The summed E-state index contributed by atoms with van der Waals surface area (Å²) in [7, 11) is 0. The van der Waals surface area contributed by atoms with Crippen molar-refractivity contribution in [3.63, 3.8) is 0 Å². The van der Waals surface area contributed by atoms with Crippen LogP contribution in [0.2, 0.25) is 0 Å². The van der Waals surface area contributed by atoms with Gasteiger partial charge in [-0.25, -0.2) is 14.0 Å². The van der Waals surface area contributed by atoms with Gasteiger partial charge in [0.25, 0.3) is 0 Å². The standard InChI is InChI=1S/C14H6Br3FO4/c15-6-3-9(12(17)10(16)4-6)14(21)22-7-1-2-8(13(19)20)11(18)5-7/h1-5H,(H,19,20). The van der Waals surface area contributed by atoms with E-state index in [1.165, 1.54) is 6.07 Å². The van der Waals surface area contributed by atoms with E-state index in [0.29, 0.717) is 13.4 Å². The fourth-order valence-electron chi connectivity index (χ4n) is 1.60. The van der Waals surface area contributed by atoms with Crippen molar-refractivity contribution in [3.8, 4) is 5.75 Å². The van der Waals surface area contributed by atoms with Gasteiger partial charge in [-0.15, -0.1) is 0 Å². The lowest BCUT2D eigenvalue weighted by Gasteiger charge is -2.08. The zero-order chi connectivity index (χ0) is 16.4. The van der Waals surface area contributed by atoms with Gasteiger partial charge in [0.15, 0.2) is 0 Å². The number of aromatic carboxylic acids is 1. The van der Waals surface area contributed by atoms with E-state index in [1.54, 1.807) is 12.1 Å². The highest BCUT2D eigenvalue weighted by Crippen LogP contribution is 2.31. The van der Waals surface area contributed by atoms with Crippen LogP contribution < -0.4 is 4.74 Å². The van der Waals surface area contributed by atoms with Gasteiger partial charge in [-0.3, -0.25) is 0 Å². The van der Waals surface area contributed by atoms with Crippen LogP contribution in [0.4, 0.5) is 4.39 Å². The first kappa shape index (κ1) is 17.1. The van der Waals surface area contributed by atoms with Gasteiger partial charge < -0.3 is 9.84 Å². The Morgan fingerprint density at radius 3 is 2.32 bits per heavy atom. The predicted molar refractivity (Wildman–Crippen MR) is 87.9 cm³/mol. The number of ether oxygens (including phenoxy) is 1. The number of carbonyl (C=O) groups excluding carboxylic acids is 1. The smallest absolute Gasteiger partial charge is 0.344 e. The van der Waals surface area contributed by atoms with E-state index in [-0.39, 0.29) is 11.3 Å². The first-order chi connectivity index (χ1) is 10.3. The molecule has 2 aromatic rings. The first-order valence-electron chi connectivity index (χ1n) is 5.69. The van der Waals surface area contributed by atoms with Crippen molar-refractivity contribution in [2.24, 2.45) is 0 Å². The molecule has 22 heavy (non-hydrogen) atoms. The monoisotopic (exact) mass is 494 g/mol. The third-order valence-corrected chi connectivity index (χ3v) is 5.06. The molecule has 2 rings (SSSR count). The Balaban J connectivity index is 2.30. The normalized spacial score (nSPS) is 10.4. The van der Waals surface area contributed by atoms with Crippen LogP contribution in [0.25, 0.3) is 0 Å². The van der Waals surface area contributed by atoms with E-state index in [0.717, 1.165) is 12.1 Å². The molecule has 0 atom stereocenters. The number of esters is 1. The zero-order valence-electron chi connectivity index (χ0n) is 10.6. The second-order valence-corrected chi connectivity index (χ2v) is 6.65. The first-order valence-corrected chi connectivity index (χ1v) is 8.07. The van der Waals surface area contributed by atoms with E-state index in [4.69, 9.17) is 9.84 Å². The highest BCUT2D eigenvalue weighted by Gasteiger charge is 2.17. The second-order valence-electron chi connectivity index (χ2n) is 4.09. The van der Waals surface area contributed by atoms with Gasteiger partial charge in [0.2, 0.25) is 0 Å². The summed E-state index contributed by atoms with van der Waals surface area (Å²) < 4.78 is 20.4. The summed E-state index contributed by atoms with van der Waals surface area (Å²) in [4.78, 5) is 22.9. The molecule has 0 aliphatic carbocycles. The van der Waals surface area contributed by atoms with E-state index in [9.17, 15) is 14.0 Å². The quantitative estimate of drug-likeness (QED) is 0.368. The van der Waals surface area contributed by atoms with E-state index in [2.05, 4.69) is 47.8 Å². The molecule has 4 nitrogen and oxygen atoms in total. The Labute approximate surface area is 149 Å². The summed E-state index contributed by atoms with van der Waals surface area (Å²) in [6.45, 7) is 0. The molecule has 0 bridgehead atoms. The number of carboxylic acid groups (broad SMARTS) is 1. The molecule has 0 aliphatic heterocycles. The molecule has 0 fully saturated rings. The van der Waals surface area contributed by atoms with E-state index >= 15 is 0 Å². The van der Waals surface area contributed by atoms with Crippen LogP contribution >= 0.6 is 47.8 Å². The molecule has 0 aliphatic rings. The van der Waals surface area contributed by atoms with Crippen molar-refractivity contribution in [1.29, 1.82) is 0 Å². The maximum absolute atomic E-state index is 13.6. The number of benzene rings is 2. The van der Waals surface area contributed by atoms with Crippen molar-refractivity contribution in [3.05, 3.63) is 60.7 Å².